The van der Waals surface area contributed by atoms with E-state index in [4.69, 9.17) is 0 Å². The molecule has 0 unspecified atom stereocenters. The maximum absolute atomic E-state index is 13.4. The first-order chi connectivity index (χ1) is 16.2. The van der Waals surface area contributed by atoms with Crippen molar-refractivity contribution in [3.05, 3.63) is 111 Å². The first-order valence-corrected chi connectivity index (χ1v) is 11.0. The summed E-state index contributed by atoms with van der Waals surface area (Å²) in [5, 5.41) is 14.2. The molecule has 4 rings (SSSR count). The molecule has 0 aromatic heterocycles. The predicted octanol–water partition coefficient (Wildman–Crippen LogP) is 5.42. The molecule has 0 bridgehead atoms. The topological polar surface area (TPSA) is 92.6 Å². The van der Waals surface area contributed by atoms with E-state index in [0.29, 0.717) is 17.2 Å². The maximum Gasteiger partial charge on any atom is 0.278 e. The SMILES string of the molecule is Cc1ccc(CN2C(=O)C(Nc3ccc(C(C)C)cc3)=C(c3ccc([N+](=O)[O-])cc3)C2=O)cc1. The number of non-ortho nitro benzene ring substituents is 1. The molecular formula is C27H25N3O4. The average Bonchev–Trinajstić information content (AvgIpc) is 3.05. The van der Waals surface area contributed by atoms with Gasteiger partial charge in [-0.15, -0.1) is 0 Å². The minimum atomic E-state index is -0.501. The van der Waals surface area contributed by atoms with Crippen molar-refractivity contribution >= 4 is 28.8 Å². The zero-order chi connectivity index (χ0) is 24.4. The van der Waals surface area contributed by atoms with Gasteiger partial charge in [0.15, 0.2) is 0 Å². The number of amides is 2. The number of benzene rings is 3. The summed E-state index contributed by atoms with van der Waals surface area (Å²) in [6.45, 7) is 6.29. The molecule has 0 radical (unpaired) electrons. The van der Waals surface area contributed by atoms with Gasteiger partial charge in [-0.3, -0.25) is 24.6 Å². The van der Waals surface area contributed by atoms with Gasteiger partial charge in [0.2, 0.25) is 0 Å². The van der Waals surface area contributed by atoms with E-state index in [-0.39, 0.29) is 23.5 Å². The summed E-state index contributed by atoms with van der Waals surface area (Å²) in [7, 11) is 0. The zero-order valence-electron chi connectivity index (χ0n) is 19.2. The molecule has 0 saturated heterocycles. The second-order valence-electron chi connectivity index (χ2n) is 8.64. The Bertz CT molecular complexity index is 1270. The minimum absolute atomic E-state index is 0.0867. The molecule has 1 aliphatic rings. The molecule has 0 saturated carbocycles. The van der Waals surface area contributed by atoms with E-state index < -0.39 is 16.7 Å². The van der Waals surface area contributed by atoms with E-state index in [1.54, 1.807) is 0 Å². The van der Waals surface area contributed by atoms with Crippen molar-refractivity contribution in [3.8, 4) is 0 Å². The predicted molar refractivity (Wildman–Crippen MR) is 131 cm³/mol. The van der Waals surface area contributed by atoms with Crippen molar-refractivity contribution in [2.45, 2.75) is 33.2 Å². The van der Waals surface area contributed by atoms with Gasteiger partial charge in [0.1, 0.15) is 5.70 Å². The van der Waals surface area contributed by atoms with E-state index in [1.165, 1.54) is 29.2 Å². The summed E-state index contributed by atoms with van der Waals surface area (Å²) >= 11 is 0. The average molecular weight is 456 g/mol. The molecule has 3 aromatic carbocycles. The van der Waals surface area contributed by atoms with Gasteiger partial charge in [-0.2, -0.15) is 0 Å². The van der Waals surface area contributed by atoms with Gasteiger partial charge in [0.05, 0.1) is 17.0 Å². The normalized spacial score (nSPS) is 13.7. The van der Waals surface area contributed by atoms with Gasteiger partial charge in [-0.1, -0.05) is 55.8 Å². The highest BCUT2D eigenvalue weighted by Crippen LogP contribution is 2.32. The monoisotopic (exact) mass is 455 g/mol. The van der Waals surface area contributed by atoms with Crippen molar-refractivity contribution in [2.75, 3.05) is 5.32 Å². The van der Waals surface area contributed by atoms with Crippen molar-refractivity contribution < 1.29 is 14.5 Å². The van der Waals surface area contributed by atoms with Crippen LogP contribution in [0.2, 0.25) is 0 Å². The third-order valence-electron chi connectivity index (χ3n) is 5.84. The molecule has 0 aliphatic carbocycles. The lowest BCUT2D eigenvalue weighted by Gasteiger charge is -2.16. The van der Waals surface area contributed by atoms with Crippen molar-refractivity contribution in [1.82, 2.24) is 4.90 Å². The Morgan fingerprint density at radius 1 is 0.882 bits per heavy atom. The number of aryl methyl sites for hydroxylation is 1. The first-order valence-electron chi connectivity index (χ1n) is 11.0. The zero-order valence-corrected chi connectivity index (χ0v) is 19.2. The molecule has 172 valence electrons. The second kappa shape index (κ2) is 9.31. The van der Waals surface area contributed by atoms with Gasteiger partial charge < -0.3 is 5.32 Å². The number of carbonyl (C=O) groups excluding carboxylic acids is 2. The molecular weight excluding hydrogens is 430 g/mol. The number of nitrogens with one attached hydrogen (secondary N) is 1. The highest BCUT2D eigenvalue weighted by Gasteiger charge is 2.39. The number of carbonyl (C=O) groups is 2. The number of nitro benzene ring substituents is 1. The van der Waals surface area contributed by atoms with Crippen LogP contribution in [0.1, 0.15) is 42.0 Å². The Kier molecular flexibility index (Phi) is 6.27. The van der Waals surface area contributed by atoms with E-state index in [0.717, 1.165) is 16.7 Å². The van der Waals surface area contributed by atoms with E-state index >= 15 is 0 Å². The smallest absolute Gasteiger partial charge is 0.278 e. The Labute approximate surface area is 197 Å². The highest BCUT2D eigenvalue weighted by atomic mass is 16.6. The van der Waals surface area contributed by atoms with Crippen LogP contribution in [0.5, 0.6) is 0 Å². The fourth-order valence-electron chi connectivity index (χ4n) is 3.82. The van der Waals surface area contributed by atoms with Crippen LogP contribution in [0.15, 0.2) is 78.5 Å². The Balaban J connectivity index is 1.72. The van der Waals surface area contributed by atoms with Crippen LogP contribution in [0.3, 0.4) is 0 Å². The molecule has 7 nitrogen and oxygen atoms in total. The molecule has 1 aliphatic heterocycles. The number of hydrogen-bond donors (Lipinski definition) is 1. The summed E-state index contributed by atoms with van der Waals surface area (Å²) in [5.41, 5.74) is 4.45. The van der Waals surface area contributed by atoms with Crippen LogP contribution >= 0.6 is 0 Å². The number of anilines is 1. The molecule has 0 fully saturated rings. The number of imide groups is 1. The van der Waals surface area contributed by atoms with Gasteiger partial charge in [-0.05, 0) is 53.8 Å². The molecule has 3 aromatic rings. The fraction of sp³-hybridized carbons (Fsp3) is 0.185. The fourth-order valence-corrected chi connectivity index (χ4v) is 3.82. The van der Waals surface area contributed by atoms with Crippen LogP contribution in [0.25, 0.3) is 5.57 Å². The van der Waals surface area contributed by atoms with Crippen LogP contribution in [-0.2, 0) is 16.1 Å². The summed E-state index contributed by atoms with van der Waals surface area (Å²) in [6, 6.07) is 21.0. The summed E-state index contributed by atoms with van der Waals surface area (Å²) in [5.74, 6) is -0.517. The van der Waals surface area contributed by atoms with E-state index in [9.17, 15) is 19.7 Å². The molecule has 0 atom stereocenters. The lowest BCUT2D eigenvalue weighted by Crippen LogP contribution is -2.32. The summed E-state index contributed by atoms with van der Waals surface area (Å²) in [6.07, 6.45) is 0. The van der Waals surface area contributed by atoms with Crippen molar-refractivity contribution in [1.29, 1.82) is 0 Å². The van der Waals surface area contributed by atoms with E-state index in [1.807, 2.05) is 55.5 Å². The second-order valence-corrected chi connectivity index (χ2v) is 8.64. The highest BCUT2D eigenvalue weighted by molar-refractivity contribution is 6.36. The number of rotatable bonds is 7. The minimum Gasteiger partial charge on any atom is -0.350 e. The van der Waals surface area contributed by atoms with E-state index in [2.05, 4.69) is 19.2 Å². The third kappa shape index (κ3) is 4.59. The van der Waals surface area contributed by atoms with Crippen molar-refractivity contribution in [3.63, 3.8) is 0 Å². The van der Waals surface area contributed by atoms with Gasteiger partial charge in [0, 0.05) is 17.8 Å². The number of hydrogen-bond acceptors (Lipinski definition) is 5. The number of nitrogens with zero attached hydrogens (tertiary/aromatic N) is 2. The molecule has 7 heteroatoms. The van der Waals surface area contributed by atoms with Gasteiger partial charge >= 0.3 is 0 Å². The summed E-state index contributed by atoms with van der Waals surface area (Å²) in [4.78, 5) is 38.6. The molecule has 0 spiro atoms. The summed E-state index contributed by atoms with van der Waals surface area (Å²) < 4.78 is 0. The Morgan fingerprint density at radius 3 is 2.06 bits per heavy atom. The lowest BCUT2D eigenvalue weighted by molar-refractivity contribution is -0.384. The van der Waals surface area contributed by atoms with Crippen LogP contribution < -0.4 is 5.32 Å². The molecule has 2 amide bonds. The largest absolute Gasteiger partial charge is 0.350 e. The van der Waals surface area contributed by atoms with Crippen LogP contribution in [0.4, 0.5) is 11.4 Å². The van der Waals surface area contributed by atoms with Crippen molar-refractivity contribution in [2.24, 2.45) is 0 Å². The number of nitro groups is 1. The standard InChI is InChI=1S/C27H25N3O4/c1-17(2)20-8-12-22(13-9-20)28-25-24(21-10-14-23(15-11-21)30(33)34)26(31)29(27(25)32)16-19-6-4-18(3)5-7-19/h4-15,17,28H,16H2,1-3H3. The lowest BCUT2D eigenvalue weighted by atomic mass is 10.0. The van der Waals surface area contributed by atoms with Crippen LogP contribution in [0, 0.1) is 17.0 Å². The quantitative estimate of drug-likeness (QED) is 0.292. The van der Waals surface area contributed by atoms with Gasteiger partial charge in [0.25, 0.3) is 17.5 Å². The Morgan fingerprint density at radius 2 is 1.50 bits per heavy atom. The van der Waals surface area contributed by atoms with Crippen LogP contribution in [-0.4, -0.2) is 21.6 Å². The van der Waals surface area contributed by atoms with Gasteiger partial charge in [-0.25, -0.2) is 0 Å². The molecule has 34 heavy (non-hydrogen) atoms. The molecule has 1 N–H and O–H groups in total. The Hall–Kier alpha value is -4.26. The maximum atomic E-state index is 13.4. The molecule has 1 heterocycles. The first kappa shape index (κ1) is 22.9. The third-order valence-corrected chi connectivity index (χ3v) is 5.84.